The molecular weight excluding hydrogens is 731 g/mol. The molecule has 0 amide bonds. The smallest absolute Gasteiger partial charge is 0.147 e. The van der Waals surface area contributed by atoms with Crippen molar-refractivity contribution in [3.63, 3.8) is 0 Å². The first-order valence-electron chi connectivity index (χ1n) is 17.5. The molecule has 2 aliphatic carbocycles. The van der Waals surface area contributed by atoms with E-state index < -0.39 is 17.4 Å². The summed E-state index contributed by atoms with van der Waals surface area (Å²) in [6, 6.07) is 45.9. The van der Waals surface area contributed by atoms with Gasteiger partial charge in [-0.2, -0.15) is 0 Å². The van der Waals surface area contributed by atoms with Gasteiger partial charge >= 0.3 is 285 Å². The number of allylic oxidation sites excluding steroid dienone is 2. The van der Waals surface area contributed by atoms with Gasteiger partial charge in [-0.25, -0.2) is 0 Å². The van der Waals surface area contributed by atoms with E-state index in [0.717, 1.165) is 6.42 Å². The third-order valence-corrected chi connectivity index (χ3v) is 43.2. The molecule has 0 spiro atoms. The molecule has 2 atom stereocenters. The number of halogens is 2. The molecule has 0 saturated carbocycles. The van der Waals surface area contributed by atoms with Crippen molar-refractivity contribution in [1.29, 1.82) is 0 Å². The van der Waals surface area contributed by atoms with Gasteiger partial charge in [-0.15, -0.1) is 24.8 Å². The Bertz CT molecular complexity index is 2360. The summed E-state index contributed by atoms with van der Waals surface area (Å²) in [5.41, 5.74) is 14.8. The molecule has 2 unspecified atom stereocenters. The fraction of sp³-hybridized carbons (Fsp3) is 0.200. The number of rotatable bonds is 7. The summed E-state index contributed by atoms with van der Waals surface area (Å²) < 4.78 is 3.71. The van der Waals surface area contributed by atoms with Gasteiger partial charge in [0.15, 0.2) is 0 Å². The van der Waals surface area contributed by atoms with Gasteiger partial charge in [0.1, 0.15) is 0 Å². The average Bonchev–Trinajstić information content (AvgIpc) is 3.69. The monoisotopic (exact) mass is 774 g/mol. The number of hydrogen-bond donors (Lipinski definition) is 0. The summed E-state index contributed by atoms with van der Waals surface area (Å²) in [5, 5.41) is 5.23. The van der Waals surface area contributed by atoms with Crippen LogP contribution in [0.1, 0.15) is 63.6 Å². The van der Waals surface area contributed by atoms with Crippen LogP contribution in [0.15, 0.2) is 132 Å². The van der Waals surface area contributed by atoms with E-state index in [1.54, 1.807) is 22.3 Å². The van der Waals surface area contributed by atoms with E-state index in [1.807, 2.05) is 0 Å². The maximum atomic E-state index is 2.62. The molecular formula is C45H46Cl2SiZr. The van der Waals surface area contributed by atoms with E-state index in [2.05, 4.69) is 168 Å². The Balaban J connectivity index is 0.00000208. The number of hydrogen-bond acceptors (Lipinski definition) is 0. The van der Waals surface area contributed by atoms with Gasteiger partial charge in [-0.3, -0.25) is 0 Å². The van der Waals surface area contributed by atoms with Crippen molar-refractivity contribution in [2.45, 2.75) is 49.6 Å². The van der Waals surface area contributed by atoms with Crippen LogP contribution >= 0.6 is 24.8 Å². The average molecular weight is 777 g/mol. The van der Waals surface area contributed by atoms with Crippen molar-refractivity contribution >= 4 is 65.4 Å². The normalized spacial score (nSPS) is 16.8. The topological polar surface area (TPSA) is 0 Å². The second-order valence-corrected chi connectivity index (χ2v) is 42.0. The minimum atomic E-state index is -3.75. The third kappa shape index (κ3) is 5.50. The standard InChI is InChI=1S/C21H17.C20H15.2C2H5.2ClH.H2Si.Zr/c1-2-15-12-18-8-5-9-20(21(18)13-15)19-11-10-16-6-3-4-7-17(16)14-19;1-14-11-17-7-4-8-19(20(17)12-14)18-10-9-15-5-2-3-6-16(15)13-18;2*1-2;;;;/h3-14H,2H2,1H3;2-13H,1H3;2*1H2,2H3;2*1H;1H2;. The van der Waals surface area contributed by atoms with Gasteiger partial charge < -0.3 is 0 Å². The summed E-state index contributed by atoms with van der Waals surface area (Å²) in [7, 11) is 0. The van der Waals surface area contributed by atoms with Gasteiger partial charge in [-0.1, -0.05) is 0 Å². The van der Waals surface area contributed by atoms with Crippen LogP contribution in [0.25, 0.3) is 56.0 Å². The molecule has 0 N–H and O–H groups in total. The second kappa shape index (κ2) is 13.6. The van der Waals surface area contributed by atoms with Crippen LogP contribution in [0, 0.1) is 0 Å². The minimum absolute atomic E-state index is 0. The van der Waals surface area contributed by atoms with Crippen molar-refractivity contribution in [1.82, 2.24) is 0 Å². The molecule has 6 aromatic carbocycles. The number of fused-ring (bicyclic) bond motifs is 4. The van der Waals surface area contributed by atoms with Gasteiger partial charge in [0.2, 0.25) is 0 Å². The summed E-state index contributed by atoms with van der Waals surface area (Å²) in [4.78, 5) is 0. The van der Waals surface area contributed by atoms with Crippen LogP contribution in [0.3, 0.4) is 0 Å². The summed E-state index contributed by atoms with van der Waals surface area (Å²) >= 11 is -3.75. The van der Waals surface area contributed by atoms with Crippen molar-refractivity contribution in [2.24, 2.45) is 0 Å². The van der Waals surface area contributed by atoms with Gasteiger partial charge in [0.05, 0.1) is 0 Å². The molecule has 8 rings (SSSR count). The molecule has 49 heavy (non-hydrogen) atoms. The molecule has 2 aliphatic rings. The molecule has 0 fully saturated rings. The first-order chi connectivity index (χ1) is 22.9. The predicted octanol–water partition coefficient (Wildman–Crippen LogP) is 13.3. The van der Waals surface area contributed by atoms with Crippen molar-refractivity contribution in [2.75, 3.05) is 0 Å². The van der Waals surface area contributed by atoms with E-state index in [-0.39, 0.29) is 24.8 Å². The van der Waals surface area contributed by atoms with Gasteiger partial charge in [-0.05, 0) is 0 Å². The van der Waals surface area contributed by atoms with E-state index in [1.165, 1.54) is 63.2 Å². The van der Waals surface area contributed by atoms with Crippen molar-refractivity contribution < 1.29 is 17.4 Å². The summed E-state index contributed by atoms with van der Waals surface area (Å²) in [5.74, 6) is 0. The van der Waals surface area contributed by atoms with Crippen LogP contribution in [0.2, 0.25) is 8.26 Å². The zero-order valence-corrected chi connectivity index (χ0v) is 34.5. The largest absolute Gasteiger partial charge is 0.147 e. The third-order valence-electron chi connectivity index (χ3n) is 12.3. The molecule has 248 valence electrons. The van der Waals surface area contributed by atoms with Crippen LogP contribution in [-0.4, -0.2) is 6.88 Å². The minimum Gasteiger partial charge on any atom is -0.147 e. The Labute approximate surface area is 307 Å². The fourth-order valence-corrected chi connectivity index (χ4v) is 33.6. The molecule has 6 aromatic rings. The first kappa shape index (κ1) is 35.8. The van der Waals surface area contributed by atoms with E-state index in [9.17, 15) is 0 Å². The Hall–Kier alpha value is -3.00. The zero-order valence-electron chi connectivity index (χ0n) is 29.0. The second-order valence-electron chi connectivity index (χ2n) is 14.4. The predicted molar refractivity (Wildman–Crippen MR) is 220 cm³/mol. The quantitative estimate of drug-likeness (QED) is 0.142. The Kier molecular flexibility index (Phi) is 9.95. The first-order valence-corrected chi connectivity index (χ1v) is 29.8. The molecule has 0 aromatic heterocycles. The molecule has 0 radical (unpaired) electrons. The SMILES string of the molecule is CCC1=Cc2c(-c3ccc4ccccc4c3)cccc2[CH]1[Zr](=[SiH2])([CH2]C)([CH2]C)[CH]1C(C)=Cc2c(-c3ccc4ccccc4c3)cccc21.Cl.Cl. The zero-order chi connectivity index (χ0) is 32.4. The summed E-state index contributed by atoms with van der Waals surface area (Å²) in [6.07, 6.45) is 6.31. The Morgan fingerprint density at radius 3 is 1.49 bits per heavy atom. The molecule has 0 bridgehead atoms. The van der Waals surface area contributed by atoms with Crippen LogP contribution in [-0.2, 0) is 17.4 Å². The molecule has 0 aliphatic heterocycles. The maximum absolute atomic E-state index is 3.75. The summed E-state index contributed by atoms with van der Waals surface area (Å²) in [6.45, 7) is 12.5. The molecule has 0 heterocycles. The van der Waals surface area contributed by atoms with Crippen molar-refractivity contribution in [3.8, 4) is 22.3 Å². The van der Waals surface area contributed by atoms with Gasteiger partial charge in [0.25, 0.3) is 0 Å². The molecule has 4 heteroatoms. The van der Waals surface area contributed by atoms with E-state index in [4.69, 9.17) is 0 Å². The Morgan fingerprint density at radius 2 is 1.00 bits per heavy atom. The van der Waals surface area contributed by atoms with E-state index in [0.29, 0.717) is 7.25 Å². The van der Waals surface area contributed by atoms with E-state index >= 15 is 0 Å². The molecule has 0 nitrogen and oxygen atoms in total. The molecule has 0 saturated heterocycles. The van der Waals surface area contributed by atoms with Crippen LogP contribution in [0.4, 0.5) is 0 Å². The Morgan fingerprint density at radius 1 is 0.531 bits per heavy atom. The number of benzene rings is 6. The van der Waals surface area contributed by atoms with Crippen LogP contribution < -0.4 is 0 Å². The van der Waals surface area contributed by atoms with Crippen molar-refractivity contribution in [3.05, 3.63) is 155 Å². The van der Waals surface area contributed by atoms with Gasteiger partial charge in [0, 0.05) is 0 Å². The van der Waals surface area contributed by atoms with Crippen LogP contribution in [0.5, 0.6) is 0 Å². The maximum Gasteiger partial charge on any atom is -0.147 e. The fourth-order valence-electron chi connectivity index (χ4n) is 9.73.